The average Bonchev–Trinajstić information content (AvgIpc) is 2.00. The predicted molar refractivity (Wildman–Crippen MR) is 44.2 cm³/mol. The fourth-order valence-electron chi connectivity index (χ4n) is 0.678. The molecule has 0 fully saturated rings. The third kappa shape index (κ3) is 1.64. The fourth-order valence-corrected chi connectivity index (χ4v) is 1.17. The second kappa shape index (κ2) is 3.49. The van der Waals surface area contributed by atoms with Gasteiger partial charge in [-0.3, -0.25) is 4.79 Å². The maximum Gasteiger partial charge on any atom is 0.255 e. The highest BCUT2D eigenvalue weighted by Crippen LogP contribution is 2.23. The molecule has 1 aromatic rings. The molecule has 0 saturated carbocycles. The van der Waals surface area contributed by atoms with Crippen molar-refractivity contribution in [3.8, 4) is 0 Å². The van der Waals surface area contributed by atoms with Crippen molar-refractivity contribution in [1.82, 2.24) is 0 Å². The molecule has 0 heterocycles. The van der Waals surface area contributed by atoms with Crippen molar-refractivity contribution >= 4 is 32.8 Å². The first kappa shape index (κ1) is 9.61. The van der Waals surface area contributed by atoms with Crippen molar-refractivity contribution in [3.05, 3.63) is 33.8 Å². The van der Waals surface area contributed by atoms with Crippen LogP contribution in [0.1, 0.15) is 10.4 Å². The summed E-state index contributed by atoms with van der Waals surface area (Å²) in [7, 11) is 0. The second-order valence-electron chi connectivity index (χ2n) is 2.00. The van der Waals surface area contributed by atoms with E-state index in [1.165, 1.54) is 0 Å². The minimum Gasteiger partial charge on any atom is -0.275 e. The van der Waals surface area contributed by atoms with E-state index in [2.05, 4.69) is 15.9 Å². The summed E-state index contributed by atoms with van der Waals surface area (Å²) in [4.78, 5) is 10.5. The Hall–Kier alpha value is -0.480. The van der Waals surface area contributed by atoms with Gasteiger partial charge in [0.25, 0.3) is 5.24 Å². The van der Waals surface area contributed by atoms with Crippen LogP contribution in [0.2, 0.25) is 0 Å². The molecule has 0 saturated heterocycles. The Balaban J connectivity index is 3.36. The minimum atomic E-state index is -0.977. The van der Waals surface area contributed by atoms with Gasteiger partial charge in [-0.05, 0) is 39.7 Å². The zero-order valence-electron chi connectivity index (χ0n) is 5.57. The van der Waals surface area contributed by atoms with Gasteiger partial charge in [-0.15, -0.1) is 0 Å². The van der Waals surface area contributed by atoms with E-state index in [0.717, 1.165) is 12.1 Å². The van der Waals surface area contributed by atoms with E-state index in [0.29, 0.717) is 0 Å². The van der Waals surface area contributed by atoms with Gasteiger partial charge < -0.3 is 0 Å². The van der Waals surface area contributed by atoms with Gasteiger partial charge in [0, 0.05) is 0 Å². The van der Waals surface area contributed by atoms with E-state index in [4.69, 9.17) is 11.6 Å². The smallest absolute Gasteiger partial charge is 0.255 e. The van der Waals surface area contributed by atoms with Gasteiger partial charge in [0.15, 0.2) is 5.82 Å². The molecule has 0 bridgehead atoms. The highest BCUT2D eigenvalue weighted by atomic mass is 79.9. The molecule has 1 aromatic carbocycles. The largest absolute Gasteiger partial charge is 0.275 e. The van der Waals surface area contributed by atoms with Crippen molar-refractivity contribution in [2.24, 2.45) is 0 Å². The summed E-state index contributed by atoms with van der Waals surface area (Å²) < 4.78 is 25.1. The number of carbonyl (C=O) groups excluding carboxylic acids is 1. The predicted octanol–water partition coefficient (Wildman–Crippen LogP) is 3.11. The summed E-state index contributed by atoms with van der Waals surface area (Å²) >= 11 is 7.65. The monoisotopic (exact) mass is 254 g/mol. The Morgan fingerprint density at radius 3 is 2.50 bits per heavy atom. The molecule has 12 heavy (non-hydrogen) atoms. The molecule has 0 aliphatic heterocycles. The van der Waals surface area contributed by atoms with Crippen LogP contribution in [-0.4, -0.2) is 5.24 Å². The van der Waals surface area contributed by atoms with Crippen LogP contribution in [0.5, 0.6) is 0 Å². The molecule has 0 amide bonds. The summed E-state index contributed by atoms with van der Waals surface area (Å²) in [5.74, 6) is -1.75. The van der Waals surface area contributed by atoms with Gasteiger partial charge in [-0.25, -0.2) is 8.78 Å². The van der Waals surface area contributed by atoms with Crippen LogP contribution in [-0.2, 0) is 0 Å². The normalized spacial score (nSPS) is 10.0. The molecule has 0 N–H and O–H groups in total. The van der Waals surface area contributed by atoms with Crippen molar-refractivity contribution < 1.29 is 13.6 Å². The number of halogens is 4. The SMILES string of the molecule is O=C(Cl)c1ccc(F)c(Br)c1F. The number of hydrogen-bond donors (Lipinski definition) is 0. The molecule has 0 atom stereocenters. The molecule has 1 nitrogen and oxygen atoms in total. The molecular formula is C7H2BrClF2O. The average molecular weight is 255 g/mol. The third-order valence-electron chi connectivity index (χ3n) is 1.25. The number of rotatable bonds is 1. The molecule has 64 valence electrons. The Bertz CT molecular complexity index is 340. The summed E-state index contributed by atoms with van der Waals surface area (Å²) in [6.07, 6.45) is 0. The molecule has 0 radical (unpaired) electrons. The van der Waals surface area contributed by atoms with E-state index in [1.807, 2.05) is 0 Å². The molecule has 0 spiro atoms. The van der Waals surface area contributed by atoms with Crippen LogP contribution in [0.4, 0.5) is 8.78 Å². The van der Waals surface area contributed by atoms with Gasteiger partial charge in [-0.2, -0.15) is 0 Å². The van der Waals surface area contributed by atoms with Gasteiger partial charge in [-0.1, -0.05) is 0 Å². The van der Waals surface area contributed by atoms with Gasteiger partial charge in [0.2, 0.25) is 0 Å². The van der Waals surface area contributed by atoms with E-state index in [-0.39, 0.29) is 10.0 Å². The summed E-state index contributed by atoms with van der Waals surface area (Å²) in [5.41, 5.74) is -0.343. The first-order valence-corrected chi connectivity index (χ1v) is 4.04. The Morgan fingerprint density at radius 2 is 2.00 bits per heavy atom. The topological polar surface area (TPSA) is 17.1 Å². The maximum atomic E-state index is 12.9. The van der Waals surface area contributed by atoms with Crippen LogP contribution < -0.4 is 0 Å². The lowest BCUT2D eigenvalue weighted by Gasteiger charge is -1.99. The standard InChI is InChI=1S/C7H2BrClF2O/c8-5-4(10)2-1-3(6(5)11)7(9)12/h1-2H. The molecule has 0 unspecified atom stereocenters. The van der Waals surface area contributed by atoms with Gasteiger partial charge in [0.05, 0.1) is 10.0 Å². The summed E-state index contributed by atoms with van der Waals surface area (Å²) in [5, 5.41) is -0.951. The van der Waals surface area contributed by atoms with Gasteiger partial charge in [0.1, 0.15) is 5.82 Å². The minimum absolute atomic E-state index is 0.343. The van der Waals surface area contributed by atoms with Gasteiger partial charge >= 0.3 is 0 Å². The molecule has 1 rings (SSSR count). The Kier molecular flexibility index (Phi) is 2.80. The lowest BCUT2D eigenvalue weighted by Crippen LogP contribution is -1.96. The third-order valence-corrected chi connectivity index (χ3v) is 2.18. The van der Waals surface area contributed by atoms with E-state index >= 15 is 0 Å². The number of hydrogen-bond acceptors (Lipinski definition) is 1. The van der Waals surface area contributed by atoms with Crippen LogP contribution in [0.25, 0.3) is 0 Å². The van der Waals surface area contributed by atoms with E-state index in [9.17, 15) is 13.6 Å². The summed E-state index contributed by atoms with van der Waals surface area (Å²) in [6.45, 7) is 0. The zero-order valence-corrected chi connectivity index (χ0v) is 7.92. The lowest BCUT2D eigenvalue weighted by molar-refractivity contribution is 0.107. The highest BCUT2D eigenvalue weighted by Gasteiger charge is 2.14. The molecule has 0 aliphatic rings. The van der Waals surface area contributed by atoms with Crippen LogP contribution in [0.3, 0.4) is 0 Å². The second-order valence-corrected chi connectivity index (χ2v) is 3.13. The molecular weight excluding hydrogens is 253 g/mol. The molecule has 5 heteroatoms. The highest BCUT2D eigenvalue weighted by molar-refractivity contribution is 9.10. The Labute approximate surface area is 80.5 Å². The Morgan fingerprint density at radius 1 is 1.42 bits per heavy atom. The maximum absolute atomic E-state index is 12.9. The fraction of sp³-hybridized carbons (Fsp3) is 0. The van der Waals surface area contributed by atoms with Crippen molar-refractivity contribution in [3.63, 3.8) is 0 Å². The van der Waals surface area contributed by atoms with E-state index in [1.54, 1.807) is 0 Å². The van der Waals surface area contributed by atoms with Crippen molar-refractivity contribution in [2.45, 2.75) is 0 Å². The molecule has 0 aromatic heterocycles. The quantitative estimate of drug-likeness (QED) is 0.557. The van der Waals surface area contributed by atoms with Crippen molar-refractivity contribution in [2.75, 3.05) is 0 Å². The van der Waals surface area contributed by atoms with E-state index < -0.39 is 16.9 Å². The van der Waals surface area contributed by atoms with Crippen molar-refractivity contribution in [1.29, 1.82) is 0 Å². The molecule has 0 aliphatic carbocycles. The van der Waals surface area contributed by atoms with Crippen LogP contribution in [0.15, 0.2) is 16.6 Å². The van der Waals surface area contributed by atoms with Crippen LogP contribution in [0, 0.1) is 11.6 Å². The number of carbonyl (C=O) groups is 1. The first-order valence-electron chi connectivity index (χ1n) is 2.87. The lowest BCUT2D eigenvalue weighted by atomic mass is 10.2. The number of benzene rings is 1. The first-order chi connectivity index (χ1) is 5.54. The van der Waals surface area contributed by atoms with Crippen LogP contribution >= 0.6 is 27.5 Å². The zero-order chi connectivity index (χ0) is 9.30. The summed E-state index contributed by atoms with van der Waals surface area (Å²) in [6, 6.07) is 1.95.